The molecule has 1 aromatic carbocycles. The van der Waals surface area contributed by atoms with E-state index >= 15 is 0 Å². The van der Waals surface area contributed by atoms with E-state index in [0.717, 1.165) is 16.5 Å². The highest BCUT2D eigenvalue weighted by atomic mass is 79.9. The molecule has 0 aromatic heterocycles. The van der Waals surface area contributed by atoms with Crippen LogP contribution in [0.3, 0.4) is 0 Å². The van der Waals surface area contributed by atoms with Gasteiger partial charge in [0, 0.05) is 16.9 Å². The largest absolute Gasteiger partial charge is 0.461 e. The van der Waals surface area contributed by atoms with E-state index < -0.39 is 0 Å². The fourth-order valence-electron chi connectivity index (χ4n) is 2.07. The van der Waals surface area contributed by atoms with E-state index in [9.17, 15) is 4.79 Å². The normalized spacial score (nSPS) is 25.7. The maximum absolute atomic E-state index is 11.5. The highest BCUT2D eigenvalue weighted by Gasteiger charge is 2.32. The topological polar surface area (TPSA) is 38.3 Å². The number of hydrogen-bond acceptors (Lipinski definition) is 3. The molecule has 2 rings (SSSR count). The second-order valence-corrected chi connectivity index (χ2v) is 5.39. The molecule has 3 nitrogen and oxygen atoms in total. The molecule has 0 saturated carbocycles. The Morgan fingerprint density at radius 1 is 1.53 bits per heavy atom. The lowest BCUT2D eigenvalue weighted by Gasteiger charge is -2.17. The van der Waals surface area contributed by atoms with Gasteiger partial charge in [0.25, 0.3) is 0 Å². The van der Waals surface area contributed by atoms with Gasteiger partial charge in [-0.2, -0.15) is 0 Å². The first-order valence-corrected chi connectivity index (χ1v) is 6.57. The summed E-state index contributed by atoms with van der Waals surface area (Å²) in [4.78, 5) is 11.5. The molecule has 0 amide bonds. The minimum Gasteiger partial charge on any atom is -0.461 e. The summed E-state index contributed by atoms with van der Waals surface area (Å²) in [5.74, 6) is -0.139. The fourth-order valence-corrected chi connectivity index (χ4v) is 2.48. The molecule has 92 valence electrons. The van der Waals surface area contributed by atoms with Crippen LogP contribution in [0.1, 0.15) is 31.9 Å². The van der Waals surface area contributed by atoms with Crippen molar-refractivity contribution in [1.82, 2.24) is 5.32 Å². The van der Waals surface area contributed by atoms with Gasteiger partial charge in [-0.15, -0.1) is 0 Å². The molecular weight excluding hydrogens is 282 g/mol. The third kappa shape index (κ3) is 3.07. The lowest BCUT2D eigenvalue weighted by atomic mass is 10.1. The van der Waals surface area contributed by atoms with Crippen molar-refractivity contribution in [3.8, 4) is 0 Å². The molecule has 0 aliphatic carbocycles. The van der Waals surface area contributed by atoms with Crippen LogP contribution in [-0.4, -0.2) is 18.1 Å². The van der Waals surface area contributed by atoms with Crippen molar-refractivity contribution < 1.29 is 9.53 Å². The summed E-state index contributed by atoms with van der Waals surface area (Å²) in [6.45, 7) is 3.97. The van der Waals surface area contributed by atoms with Crippen molar-refractivity contribution in [1.29, 1.82) is 0 Å². The molecule has 4 heteroatoms. The molecule has 0 unspecified atom stereocenters. The number of nitrogens with one attached hydrogen (secondary N) is 1. The number of esters is 1. The average molecular weight is 298 g/mol. The zero-order chi connectivity index (χ0) is 12.4. The molecular formula is C13H16BrNO2. The molecule has 1 aliphatic heterocycles. The second kappa shape index (κ2) is 5.19. The van der Waals surface area contributed by atoms with Gasteiger partial charge in [-0.25, -0.2) is 0 Å². The maximum atomic E-state index is 11.5. The Labute approximate surface area is 110 Å². The summed E-state index contributed by atoms with van der Waals surface area (Å²) >= 11 is 3.45. The van der Waals surface area contributed by atoms with Gasteiger partial charge >= 0.3 is 5.97 Å². The average Bonchev–Trinajstić information content (AvgIpc) is 2.57. The SMILES string of the molecule is C[C@@H]1C[C@@H](N[C@@H](C)c2cccc(Br)c2)C(=O)O1. The van der Waals surface area contributed by atoms with Crippen LogP contribution in [0.4, 0.5) is 0 Å². The van der Waals surface area contributed by atoms with Crippen molar-refractivity contribution in [2.75, 3.05) is 0 Å². The van der Waals surface area contributed by atoms with Gasteiger partial charge < -0.3 is 4.74 Å². The van der Waals surface area contributed by atoms with Gasteiger partial charge in [0.1, 0.15) is 12.1 Å². The number of carbonyl (C=O) groups excluding carboxylic acids is 1. The van der Waals surface area contributed by atoms with E-state index in [0.29, 0.717) is 0 Å². The molecule has 1 N–H and O–H groups in total. The van der Waals surface area contributed by atoms with Gasteiger partial charge in [0.15, 0.2) is 0 Å². The lowest BCUT2D eigenvalue weighted by Crippen LogP contribution is -2.35. The molecule has 0 radical (unpaired) electrons. The van der Waals surface area contributed by atoms with Crippen LogP contribution in [0.5, 0.6) is 0 Å². The van der Waals surface area contributed by atoms with Crippen molar-refractivity contribution in [2.24, 2.45) is 0 Å². The van der Waals surface area contributed by atoms with Crippen molar-refractivity contribution in [3.05, 3.63) is 34.3 Å². The number of halogens is 1. The molecule has 1 heterocycles. The molecule has 1 saturated heterocycles. The summed E-state index contributed by atoms with van der Waals surface area (Å²) in [6.07, 6.45) is 0.770. The molecule has 0 bridgehead atoms. The summed E-state index contributed by atoms with van der Waals surface area (Å²) in [7, 11) is 0. The lowest BCUT2D eigenvalue weighted by molar-refractivity contribution is -0.142. The first kappa shape index (κ1) is 12.6. The Bertz CT molecular complexity index is 422. The van der Waals surface area contributed by atoms with E-state index in [1.807, 2.05) is 25.1 Å². The molecule has 1 aromatic rings. The van der Waals surface area contributed by atoms with Gasteiger partial charge in [-0.1, -0.05) is 28.1 Å². The van der Waals surface area contributed by atoms with E-state index in [1.165, 1.54) is 0 Å². The molecule has 17 heavy (non-hydrogen) atoms. The number of benzene rings is 1. The summed E-state index contributed by atoms with van der Waals surface area (Å²) in [6, 6.07) is 8.04. The van der Waals surface area contributed by atoms with Crippen LogP contribution in [0.2, 0.25) is 0 Å². The molecule has 1 fully saturated rings. The third-order valence-corrected chi connectivity index (χ3v) is 3.46. The van der Waals surface area contributed by atoms with Gasteiger partial charge in [-0.3, -0.25) is 10.1 Å². The smallest absolute Gasteiger partial charge is 0.323 e. The number of cyclic esters (lactones) is 1. The second-order valence-electron chi connectivity index (χ2n) is 4.48. The van der Waals surface area contributed by atoms with Gasteiger partial charge in [-0.05, 0) is 31.5 Å². The van der Waals surface area contributed by atoms with Crippen LogP contribution in [0.25, 0.3) is 0 Å². The van der Waals surface area contributed by atoms with Crippen LogP contribution >= 0.6 is 15.9 Å². The number of hydrogen-bond donors (Lipinski definition) is 1. The predicted molar refractivity (Wildman–Crippen MR) is 69.7 cm³/mol. The van der Waals surface area contributed by atoms with Crippen LogP contribution in [-0.2, 0) is 9.53 Å². The third-order valence-electron chi connectivity index (χ3n) is 2.97. The standard InChI is InChI=1S/C13H16BrNO2/c1-8-6-12(13(16)17-8)15-9(2)10-4-3-5-11(14)7-10/h3-5,7-9,12,15H,6H2,1-2H3/t8-,9+,12-/m1/s1. The number of ether oxygens (including phenoxy) is 1. The Morgan fingerprint density at radius 3 is 2.88 bits per heavy atom. The zero-order valence-corrected chi connectivity index (χ0v) is 11.5. The fraction of sp³-hybridized carbons (Fsp3) is 0.462. The zero-order valence-electron chi connectivity index (χ0n) is 9.94. The van der Waals surface area contributed by atoms with E-state index in [1.54, 1.807) is 0 Å². The van der Waals surface area contributed by atoms with Gasteiger partial charge in [0.05, 0.1) is 0 Å². The Kier molecular flexibility index (Phi) is 3.84. The number of rotatable bonds is 3. The summed E-state index contributed by atoms with van der Waals surface area (Å²) in [5.41, 5.74) is 1.16. The minimum absolute atomic E-state index is 0.0229. The van der Waals surface area contributed by atoms with Crippen molar-refractivity contribution in [2.45, 2.75) is 38.5 Å². The Hall–Kier alpha value is -0.870. The van der Waals surface area contributed by atoms with Crippen molar-refractivity contribution >= 4 is 21.9 Å². The summed E-state index contributed by atoms with van der Waals surface area (Å²) < 4.78 is 6.17. The first-order valence-electron chi connectivity index (χ1n) is 5.78. The minimum atomic E-state index is -0.181. The van der Waals surface area contributed by atoms with Crippen LogP contribution in [0.15, 0.2) is 28.7 Å². The highest BCUT2D eigenvalue weighted by molar-refractivity contribution is 9.10. The molecule has 3 atom stereocenters. The maximum Gasteiger partial charge on any atom is 0.323 e. The number of carbonyl (C=O) groups is 1. The quantitative estimate of drug-likeness (QED) is 0.872. The molecule has 0 spiro atoms. The van der Waals surface area contributed by atoms with E-state index in [-0.39, 0.29) is 24.2 Å². The Morgan fingerprint density at radius 2 is 2.29 bits per heavy atom. The first-order chi connectivity index (χ1) is 8.06. The van der Waals surface area contributed by atoms with E-state index in [4.69, 9.17) is 4.74 Å². The molecule has 1 aliphatic rings. The van der Waals surface area contributed by atoms with Gasteiger partial charge in [0.2, 0.25) is 0 Å². The highest BCUT2D eigenvalue weighted by Crippen LogP contribution is 2.21. The Balaban J connectivity index is 2.02. The predicted octanol–water partition coefficient (Wildman–Crippen LogP) is 2.80. The monoisotopic (exact) mass is 297 g/mol. The van der Waals surface area contributed by atoms with Crippen LogP contribution in [0, 0.1) is 0 Å². The summed E-state index contributed by atoms with van der Waals surface area (Å²) in [5, 5.41) is 3.31. The van der Waals surface area contributed by atoms with Crippen molar-refractivity contribution in [3.63, 3.8) is 0 Å². The van der Waals surface area contributed by atoms with E-state index in [2.05, 4.69) is 34.2 Å². The van der Waals surface area contributed by atoms with Crippen LogP contribution < -0.4 is 5.32 Å².